The summed E-state index contributed by atoms with van der Waals surface area (Å²) >= 11 is 6.15. The molecule has 4 rings (SSSR count). The molecule has 8 heteroatoms. The minimum Gasteiger partial charge on any atom is -0.476 e. The Morgan fingerprint density at radius 1 is 1.18 bits per heavy atom. The van der Waals surface area contributed by atoms with E-state index in [-0.39, 0.29) is 30.3 Å². The molecule has 0 saturated heterocycles. The van der Waals surface area contributed by atoms with Crippen LogP contribution in [-0.2, 0) is 9.59 Å². The van der Waals surface area contributed by atoms with Gasteiger partial charge in [0, 0.05) is 22.3 Å². The fraction of sp³-hybridized carbons (Fsp3) is 0.400. The molecule has 0 bridgehead atoms. The number of ether oxygens (including phenoxy) is 1. The second kappa shape index (κ2) is 9.06. The smallest absolute Gasteiger partial charge is 0.271 e. The number of hydrogen-bond acceptors (Lipinski definition) is 4. The number of rotatable bonds is 5. The van der Waals surface area contributed by atoms with Crippen molar-refractivity contribution in [3.05, 3.63) is 52.5 Å². The predicted molar refractivity (Wildman–Crippen MR) is 128 cm³/mol. The summed E-state index contributed by atoms with van der Waals surface area (Å²) in [7, 11) is 0. The van der Waals surface area contributed by atoms with Gasteiger partial charge >= 0.3 is 0 Å². The predicted octanol–water partition coefficient (Wildman–Crippen LogP) is 4.46. The van der Waals surface area contributed by atoms with Gasteiger partial charge in [-0.1, -0.05) is 30.5 Å². The van der Waals surface area contributed by atoms with E-state index in [1.54, 1.807) is 50.2 Å². The molecule has 0 aromatic heterocycles. The summed E-state index contributed by atoms with van der Waals surface area (Å²) < 4.78 is 5.89. The maximum atomic E-state index is 13.2. The summed E-state index contributed by atoms with van der Waals surface area (Å²) in [5, 5.41) is 6.42. The maximum Gasteiger partial charge on any atom is 0.271 e. The zero-order chi connectivity index (χ0) is 23.8. The van der Waals surface area contributed by atoms with Gasteiger partial charge in [-0.05, 0) is 69.5 Å². The molecule has 33 heavy (non-hydrogen) atoms. The van der Waals surface area contributed by atoms with Gasteiger partial charge in [-0.15, -0.1) is 0 Å². The minimum atomic E-state index is -1.15. The lowest BCUT2D eigenvalue weighted by molar-refractivity contribution is -0.133. The lowest BCUT2D eigenvalue weighted by atomic mass is 10.0. The Morgan fingerprint density at radius 2 is 1.91 bits per heavy atom. The van der Waals surface area contributed by atoms with E-state index >= 15 is 0 Å². The Bertz CT molecular complexity index is 1110. The lowest BCUT2D eigenvalue weighted by Gasteiger charge is -2.38. The van der Waals surface area contributed by atoms with Gasteiger partial charge in [0.2, 0.25) is 5.91 Å². The first kappa shape index (κ1) is 23.1. The van der Waals surface area contributed by atoms with Crippen LogP contribution in [-0.4, -0.2) is 35.9 Å². The first-order valence-electron chi connectivity index (χ1n) is 11.2. The Hall–Kier alpha value is -3.06. The van der Waals surface area contributed by atoms with Crippen LogP contribution in [0, 0.1) is 6.92 Å². The highest BCUT2D eigenvalue weighted by Gasteiger charge is 2.42. The first-order chi connectivity index (χ1) is 15.7. The lowest BCUT2D eigenvalue weighted by Crippen LogP contribution is -2.54. The number of fused-ring (bicyclic) bond motifs is 1. The first-order valence-corrected chi connectivity index (χ1v) is 11.5. The second-order valence-corrected chi connectivity index (χ2v) is 9.51. The van der Waals surface area contributed by atoms with Gasteiger partial charge in [0.25, 0.3) is 11.8 Å². The minimum absolute atomic E-state index is 0.174. The third-order valence-corrected chi connectivity index (χ3v) is 6.58. The van der Waals surface area contributed by atoms with Crippen LogP contribution in [0.25, 0.3) is 0 Å². The molecule has 0 radical (unpaired) electrons. The zero-order valence-corrected chi connectivity index (χ0v) is 19.8. The van der Waals surface area contributed by atoms with E-state index in [1.165, 1.54) is 4.90 Å². The Kier molecular flexibility index (Phi) is 6.34. The fourth-order valence-corrected chi connectivity index (χ4v) is 4.46. The van der Waals surface area contributed by atoms with Gasteiger partial charge in [-0.25, -0.2) is 0 Å². The van der Waals surface area contributed by atoms with Crippen molar-refractivity contribution in [1.82, 2.24) is 5.32 Å². The van der Waals surface area contributed by atoms with Crippen LogP contribution in [0.3, 0.4) is 0 Å². The van der Waals surface area contributed by atoms with E-state index < -0.39 is 5.60 Å². The van der Waals surface area contributed by atoms with Gasteiger partial charge in [-0.3, -0.25) is 19.3 Å². The average Bonchev–Trinajstić information content (AvgIpc) is 3.27. The van der Waals surface area contributed by atoms with Gasteiger partial charge in [0.05, 0.1) is 5.69 Å². The largest absolute Gasteiger partial charge is 0.476 e. The van der Waals surface area contributed by atoms with E-state index in [4.69, 9.17) is 16.3 Å². The van der Waals surface area contributed by atoms with E-state index in [0.29, 0.717) is 27.7 Å². The van der Waals surface area contributed by atoms with Gasteiger partial charge in [-0.2, -0.15) is 0 Å². The fourth-order valence-electron chi connectivity index (χ4n) is 4.28. The standard InChI is InChI=1S/C25H28ClN3O4/c1-15-18(26)9-6-10-19(15)28-22(30)14-29-20-13-16(23(31)27-17-7-4-5-8-17)11-12-21(20)33-25(2,3)24(29)32/h6,9-13,17H,4-5,7-8,14H2,1-3H3,(H,27,31)(H,28,30). The number of anilines is 2. The third kappa shape index (κ3) is 4.83. The molecule has 0 atom stereocenters. The van der Waals surface area contributed by atoms with Crippen LogP contribution in [0.5, 0.6) is 5.75 Å². The highest BCUT2D eigenvalue weighted by atomic mass is 35.5. The van der Waals surface area contributed by atoms with Crippen LogP contribution >= 0.6 is 11.6 Å². The number of carbonyl (C=O) groups is 3. The molecule has 1 fully saturated rings. The number of nitrogens with one attached hydrogen (secondary N) is 2. The average molecular weight is 470 g/mol. The molecule has 2 aromatic carbocycles. The summed E-state index contributed by atoms with van der Waals surface area (Å²) in [6, 6.07) is 10.4. The van der Waals surface area contributed by atoms with E-state index in [1.807, 2.05) is 6.92 Å². The van der Waals surface area contributed by atoms with Crippen molar-refractivity contribution in [3.63, 3.8) is 0 Å². The SMILES string of the molecule is Cc1c(Cl)cccc1NC(=O)CN1C(=O)C(C)(C)Oc2ccc(C(=O)NC3CCCC3)cc21. The normalized spacial score (nSPS) is 17.3. The molecular formula is C25H28ClN3O4. The Morgan fingerprint density at radius 3 is 2.64 bits per heavy atom. The van der Waals surface area contributed by atoms with Gasteiger partial charge in [0.1, 0.15) is 12.3 Å². The quantitative estimate of drug-likeness (QED) is 0.676. The molecule has 2 N–H and O–H groups in total. The Labute approximate surface area is 198 Å². The molecule has 7 nitrogen and oxygen atoms in total. The molecule has 2 aromatic rings. The van der Waals surface area contributed by atoms with Crippen LogP contribution < -0.4 is 20.3 Å². The number of halogens is 1. The van der Waals surface area contributed by atoms with Crippen LogP contribution in [0.15, 0.2) is 36.4 Å². The van der Waals surface area contributed by atoms with E-state index in [9.17, 15) is 14.4 Å². The number of carbonyl (C=O) groups excluding carboxylic acids is 3. The molecule has 1 aliphatic heterocycles. The monoisotopic (exact) mass is 469 g/mol. The molecule has 2 aliphatic rings. The van der Waals surface area contributed by atoms with Crippen molar-refractivity contribution >= 4 is 40.7 Å². The van der Waals surface area contributed by atoms with Crippen LogP contribution in [0.2, 0.25) is 5.02 Å². The molecule has 3 amide bonds. The van der Waals surface area contributed by atoms with Crippen molar-refractivity contribution < 1.29 is 19.1 Å². The van der Waals surface area contributed by atoms with Crippen molar-refractivity contribution in [1.29, 1.82) is 0 Å². The zero-order valence-electron chi connectivity index (χ0n) is 19.0. The summed E-state index contributed by atoms with van der Waals surface area (Å²) in [6.07, 6.45) is 4.17. The van der Waals surface area contributed by atoms with Crippen molar-refractivity contribution in [2.24, 2.45) is 0 Å². The molecule has 174 valence electrons. The summed E-state index contributed by atoms with van der Waals surface area (Å²) in [5.41, 5.74) is 1.00. The topological polar surface area (TPSA) is 87.7 Å². The van der Waals surface area contributed by atoms with Crippen molar-refractivity contribution in [3.8, 4) is 5.75 Å². The third-order valence-electron chi connectivity index (χ3n) is 6.17. The molecule has 0 spiro atoms. The van der Waals surface area contributed by atoms with E-state index in [0.717, 1.165) is 31.2 Å². The summed E-state index contributed by atoms with van der Waals surface area (Å²) in [5.74, 6) is -0.482. The van der Waals surface area contributed by atoms with Gasteiger partial charge in [0.15, 0.2) is 5.60 Å². The van der Waals surface area contributed by atoms with Crippen LogP contribution in [0.1, 0.15) is 55.5 Å². The molecule has 1 aliphatic carbocycles. The maximum absolute atomic E-state index is 13.2. The Balaban J connectivity index is 1.59. The highest BCUT2D eigenvalue weighted by molar-refractivity contribution is 6.31. The molecule has 1 saturated carbocycles. The molecule has 1 heterocycles. The number of benzene rings is 2. The van der Waals surface area contributed by atoms with Crippen molar-refractivity contribution in [2.75, 3.05) is 16.8 Å². The summed E-state index contributed by atoms with van der Waals surface area (Å²) in [4.78, 5) is 40.2. The number of nitrogens with zero attached hydrogens (tertiary/aromatic N) is 1. The molecular weight excluding hydrogens is 442 g/mol. The van der Waals surface area contributed by atoms with E-state index in [2.05, 4.69) is 10.6 Å². The molecule has 0 unspecified atom stereocenters. The highest BCUT2D eigenvalue weighted by Crippen LogP contribution is 2.38. The summed E-state index contributed by atoms with van der Waals surface area (Å²) in [6.45, 7) is 4.90. The van der Waals surface area contributed by atoms with Gasteiger partial charge < -0.3 is 15.4 Å². The van der Waals surface area contributed by atoms with Crippen molar-refractivity contribution in [2.45, 2.75) is 58.1 Å². The number of amides is 3. The number of hydrogen-bond donors (Lipinski definition) is 2. The second-order valence-electron chi connectivity index (χ2n) is 9.10. The van der Waals surface area contributed by atoms with Crippen LogP contribution in [0.4, 0.5) is 11.4 Å².